The van der Waals surface area contributed by atoms with Crippen LogP contribution in [-0.4, -0.2) is 12.6 Å². The van der Waals surface area contributed by atoms with Gasteiger partial charge in [-0.3, -0.25) is 0 Å². The maximum absolute atomic E-state index is 10.5. The summed E-state index contributed by atoms with van der Waals surface area (Å²) in [4.78, 5) is 10.5. The first-order valence-electron chi connectivity index (χ1n) is 6.62. The average molecular weight is 276 g/mol. The molecule has 4 nitrogen and oxygen atoms in total. The van der Waals surface area contributed by atoms with Crippen LogP contribution in [0.3, 0.4) is 0 Å². The second-order valence-corrected chi connectivity index (χ2v) is 4.37. The summed E-state index contributed by atoms with van der Waals surface area (Å²) in [5.74, 6) is -0.912. The van der Waals surface area contributed by atoms with Crippen molar-refractivity contribution in [2.45, 2.75) is 52.1 Å². The first kappa shape index (κ1) is 18.7. The maximum Gasteiger partial charge on any atom is 1.00 e. The van der Waals surface area contributed by atoms with Gasteiger partial charge in [-0.05, 0) is 18.6 Å². The van der Waals surface area contributed by atoms with Gasteiger partial charge in [0.1, 0.15) is 24.1 Å². The summed E-state index contributed by atoms with van der Waals surface area (Å²) < 4.78 is 10.4. The molecule has 0 atom stereocenters. The Balaban J connectivity index is 0.00000324. The number of rotatable bonds is 10. The second kappa shape index (κ2) is 11.5. The molecule has 0 saturated carbocycles. The second-order valence-electron chi connectivity index (χ2n) is 4.37. The average Bonchev–Trinajstić information content (AvgIpc) is 2.81. The molecule has 0 aliphatic rings. The smallest absolute Gasteiger partial charge is 0.542 e. The van der Waals surface area contributed by atoms with Crippen LogP contribution >= 0.6 is 0 Å². The van der Waals surface area contributed by atoms with Crippen LogP contribution in [0.1, 0.15) is 61.8 Å². The Bertz CT molecular complexity index is 349. The van der Waals surface area contributed by atoms with Gasteiger partial charge in [-0.15, -0.1) is 0 Å². The zero-order chi connectivity index (χ0) is 13.2. The van der Waals surface area contributed by atoms with Gasteiger partial charge in [-0.2, -0.15) is 0 Å². The monoisotopic (exact) mass is 276 g/mol. The Labute approximate surface area is 136 Å². The molecule has 0 amide bonds. The predicted octanol–water partition coefficient (Wildman–Crippen LogP) is -0.476. The summed E-state index contributed by atoms with van der Waals surface area (Å²) in [6.07, 6.45) is 7.34. The van der Waals surface area contributed by atoms with E-state index in [1.54, 1.807) is 6.07 Å². The van der Waals surface area contributed by atoms with E-state index in [0.717, 1.165) is 6.42 Å². The standard InChI is InChI=1S/C14H22O4.Na/c1-2-3-4-5-6-7-10-17-11-12-8-9-13(18-12)14(15)16;/h8-9H,2-7,10-11H2,1H3,(H,15,16);/q;+1/p-1. The Kier molecular flexibility index (Phi) is 11.4. The molecule has 0 unspecified atom stereocenters. The van der Waals surface area contributed by atoms with Crippen LogP contribution < -0.4 is 34.7 Å². The Morgan fingerprint density at radius 3 is 2.53 bits per heavy atom. The molecule has 0 aromatic carbocycles. The van der Waals surface area contributed by atoms with E-state index < -0.39 is 5.97 Å². The molecule has 1 aromatic heterocycles. The molecule has 0 spiro atoms. The minimum absolute atomic E-state index is 0. The molecular weight excluding hydrogens is 255 g/mol. The molecule has 0 bridgehead atoms. The van der Waals surface area contributed by atoms with Crippen LogP contribution in [0.2, 0.25) is 0 Å². The van der Waals surface area contributed by atoms with E-state index in [9.17, 15) is 9.90 Å². The first-order valence-corrected chi connectivity index (χ1v) is 6.62. The number of aromatic carboxylic acids is 1. The van der Waals surface area contributed by atoms with E-state index in [1.165, 1.54) is 38.2 Å². The summed E-state index contributed by atoms with van der Waals surface area (Å²) in [5, 5.41) is 10.5. The minimum Gasteiger partial charge on any atom is -0.542 e. The van der Waals surface area contributed by atoms with Crippen LogP contribution in [0, 0.1) is 0 Å². The van der Waals surface area contributed by atoms with Crippen molar-refractivity contribution >= 4 is 5.97 Å². The van der Waals surface area contributed by atoms with Crippen molar-refractivity contribution in [1.29, 1.82) is 0 Å². The van der Waals surface area contributed by atoms with Gasteiger partial charge in [-0.1, -0.05) is 39.0 Å². The predicted molar refractivity (Wildman–Crippen MR) is 66.1 cm³/mol. The fraction of sp³-hybridized carbons (Fsp3) is 0.643. The SMILES string of the molecule is CCCCCCCCOCc1ccc(C(=O)[O-])o1.[Na+]. The summed E-state index contributed by atoms with van der Waals surface area (Å²) in [5.41, 5.74) is 0. The number of ether oxygens (including phenoxy) is 1. The Morgan fingerprint density at radius 1 is 1.21 bits per heavy atom. The van der Waals surface area contributed by atoms with Gasteiger partial charge < -0.3 is 19.1 Å². The van der Waals surface area contributed by atoms with E-state index in [4.69, 9.17) is 9.15 Å². The van der Waals surface area contributed by atoms with Crippen molar-refractivity contribution in [3.05, 3.63) is 23.7 Å². The van der Waals surface area contributed by atoms with Crippen molar-refractivity contribution in [2.75, 3.05) is 6.61 Å². The molecule has 0 N–H and O–H groups in total. The molecular formula is C14H21NaO4. The molecule has 0 radical (unpaired) electrons. The molecule has 19 heavy (non-hydrogen) atoms. The van der Waals surface area contributed by atoms with Gasteiger partial charge in [-0.25, -0.2) is 0 Å². The van der Waals surface area contributed by atoms with Gasteiger partial charge in [0.2, 0.25) is 0 Å². The van der Waals surface area contributed by atoms with E-state index in [1.807, 2.05) is 0 Å². The third-order valence-electron chi connectivity index (χ3n) is 2.75. The number of furan rings is 1. The molecule has 102 valence electrons. The normalized spacial score (nSPS) is 10.2. The number of hydrogen-bond acceptors (Lipinski definition) is 4. The number of hydrogen-bond donors (Lipinski definition) is 0. The van der Waals surface area contributed by atoms with Crippen molar-refractivity contribution in [2.24, 2.45) is 0 Å². The number of carbonyl (C=O) groups excluding carboxylic acids is 1. The van der Waals surface area contributed by atoms with Crippen molar-refractivity contribution < 1.29 is 48.6 Å². The van der Waals surface area contributed by atoms with Crippen LogP contribution in [0.4, 0.5) is 0 Å². The number of carboxylic acids is 1. The van der Waals surface area contributed by atoms with Gasteiger partial charge in [0.05, 0.1) is 0 Å². The number of unbranched alkanes of at least 4 members (excludes halogenated alkanes) is 5. The van der Waals surface area contributed by atoms with E-state index in [2.05, 4.69) is 6.92 Å². The fourth-order valence-corrected chi connectivity index (χ4v) is 1.72. The number of carboxylic acid groups (broad SMARTS) is 1. The van der Waals surface area contributed by atoms with Gasteiger partial charge in [0.25, 0.3) is 0 Å². The molecule has 5 heteroatoms. The molecule has 0 fully saturated rings. The van der Waals surface area contributed by atoms with Gasteiger partial charge >= 0.3 is 29.6 Å². The Hall–Kier alpha value is -0.290. The van der Waals surface area contributed by atoms with Gasteiger partial charge in [0, 0.05) is 6.61 Å². The van der Waals surface area contributed by atoms with Crippen molar-refractivity contribution in [3.63, 3.8) is 0 Å². The minimum atomic E-state index is -1.29. The number of carbonyl (C=O) groups is 1. The molecule has 1 heterocycles. The van der Waals surface area contributed by atoms with Crippen molar-refractivity contribution in [3.8, 4) is 0 Å². The van der Waals surface area contributed by atoms with Crippen LogP contribution in [-0.2, 0) is 11.3 Å². The van der Waals surface area contributed by atoms with E-state index in [0.29, 0.717) is 19.0 Å². The summed E-state index contributed by atoms with van der Waals surface area (Å²) >= 11 is 0. The van der Waals surface area contributed by atoms with E-state index >= 15 is 0 Å². The van der Waals surface area contributed by atoms with Crippen LogP contribution in [0.5, 0.6) is 0 Å². The fourth-order valence-electron chi connectivity index (χ4n) is 1.72. The molecule has 0 saturated heterocycles. The van der Waals surface area contributed by atoms with Gasteiger partial charge in [0.15, 0.2) is 0 Å². The third-order valence-corrected chi connectivity index (χ3v) is 2.75. The zero-order valence-corrected chi connectivity index (χ0v) is 13.9. The largest absolute Gasteiger partial charge is 1.00 e. The summed E-state index contributed by atoms with van der Waals surface area (Å²) in [7, 11) is 0. The molecule has 0 aliphatic heterocycles. The topological polar surface area (TPSA) is 62.5 Å². The van der Waals surface area contributed by atoms with E-state index in [-0.39, 0.29) is 35.3 Å². The van der Waals surface area contributed by atoms with Crippen molar-refractivity contribution in [1.82, 2.24) is 0 Å². The maximum atomic E-state index is 10.5. The third kappa shape index (κ3) is 8.47. The molecule has 1 aromatic rings. The van der Waals surface area contributed by atoms with Crippen LogP contribution in [0.25, 0.3) is 0 Å². The molecule has 1 rings (SSSR count). The Morgan fingerprint density at radius 2 is 1.89 bits per heavy atom. The molecule has 0 aliphatic carbocycles. The zero-order valence-electron chi connectivity index (χ0n) is 11.9. The summed E-state index contributed by atoms with van der Waals surface area (Å²) in [6, 6.07) is 2.99. The first-order chi connectivity index (χ1) is 8.74. The quantitative estimate of drug-likeness (QED) is 0.428. The van der Waals surface area contributed by atoms with Crippen LogP contribution in [0.15, 0.2) is 16.5 Å². The summed E-state index contributed by atoms with van der Waals surface area (Å²) in [6.45, 7) is 3.21.